The lowest BCUT2D eigenvalue weighted by atomic mass is 10.1. The van der Waals surface area contributed by atoms with E-state index in [4.69, 9.17) is 0 Å². The van der Waals surface area contributed by atoms with Crippen LogP contribution in [0.2, 0.25) is 0 Å². The molecule has 0 aromatic heterocycles. The lowest BCUT2D eigenvalue weighted by Gasteiger charge is -2.05. The molecule has 2 aromatic rings. The topological polar surface area (TPSA) is 17.1 Å². The van der Waals surface area contributed by atoms with E-state index in [0.717, 1.165) is 0 Å². The number of hydrogen-bond donors (Lipinski definition) is 0. The van der Waals surface area contributed by atoms with Crippen molar-refractivity contribution in [1.29, 1.82) is 0 Å². The number of thioether (sulfide) groups is 1. The van der Waals surface area contributed by atoms with Gasteiger partial charge in [-0.1, -0.05) is 22.0 Å². The summed E-state index contributed by atoms with van der Waals surface area (Å²) in [6.45, 7) is 0. The van der Waals surface area contributed by atoms with Crippen LogP contribution in [0.4, 0.5) is 8.78 Å². The van der Waals surface area contributed by atoms with Crippen LogP contribution in [-0.2, 0) is 11.2 Å². The van der Waals surface area contributed by atoms with Crippen LogP contribution in [0.25, 0.3) is 0 Å². The number of halogens is 3. The van der Waals surface area contributed by atoms with Crippen molar-refractivity contribution in [2.45, 2.75) is 11.3 Å². The van der Waals surface area contributed by atoms with Gasteiger partial charge in [0.1, 0.15) is 17.4 Å². The highest BCUT2D eigenvalue weighted by Crippen LogP contribution is 2.22. The predicted octanol–water partition coefficient (Wildman–Crippen LogP) is 4.63. The Morgan fingerprint density at radius 1 is 1.10 bits per heavy atom. The molecule has 0 spiro atoms. The minimum absolute atomic E-state index is 0.0365. The minimum atomic E-state index is -0.367. The Morgan fingerprint density at radius 2 is 1.85 bits per heavy atom. The standard InChI is InChI=1S/C15H11BrF2OS/c16-15-5-4-12(18)6-10(15)7-13(19)9-20-14-3-1-2-11(17)8-14/h1-6,8H,7,9H2. The van der Waals surface area contributed by atoms with E-state index in [2.05, 4.69) is 15.9 Å². The summed E-state index contributed by atoms with van der Waals surface area (Å²) in [6.07, 6.45) is 0.153. The molecule has 0 saturated heterocycles. The van der Waals surface area contributed by atoms with Gasteiger partial charge >= 0.3 is 0 Å². The second kappa shape index (κ2) is 6.99. The van der Waals surface area contributed by atoms with Crippen molar-refractivity contribution in [2.24, 2.45) is 0 Å². The first-order valence-corrected chi connectivity index (χ1v) is 7.66. The molecule has 0 aliphatic heterocycles. The Balaban J connectivity index is 1.94. The molecular weight excluding hydrogens is 346 g/mol. The molecule has 20 heavy (non-hydrogen) atoms. The molecule has 5 heteroatoms. The van der Waals surface area contributed by atoms with Gasteiger partial charge in [0, 0.05) is 15.8 Å². The summed E-state index contributed by atoms with van der Waals surface area (Å²) in [5, 5.41) is 0. The molecule has 0 saturated carbocycles. The predicted molar refractivity (Wildman–Crippen MR) is 79.9 cm³/mol. The van der Waals surface area contributed by atoms with Crippen LogP contribution < -0.4 is 0 Å². The molecule has 0 amide bonds. The van der Waals surface area contributed by atoms with Crippen molar-refractivity contribution in [3.63, 3.8) is 0 Å². The van der Waals surface area contributed by atoms with Gasteiger partial charge in [0.15, 0.2) is 0 Å². The maximum Gasteiger partial charge on any atom is 0.147 e. The van der Waals surface area contributed by atoms with Crippen LogP contribution in [0.5, 0.6) is 0 Å². The summed E-state index contributed by atoms with van der Waals surface area (Å²) in [5.41, 5.74) is 0.620. The molecule has 0 unspecified atom stereocenters. The van der Waals surface area contributed by atoms with E-state index in [1.165, 1.54) is 36.0 Å². The molecule has 0 N–H and O–H groups in total. The largest absolute Gasteiger partial charge is 0.298 e. The van der Waals surface area contributed by atoms with Gasteiger partial charge in [-0.05, 0) is 42.0 Å². The van der Waals surface area contributed by atoms with E-state index < -0.39 is 0 Å². The SMILES string of the molecule is O=C(CSc1cccc(F)c1)Cc1cc(F)ccc1Br. The molecule has 104 valence electrons. The molecule has 2 aromatic carbocycles. The van der Waals surface area contributed by atoms with Gasteiger partial charge in [0.2, 0.25) is 0 Å². The molecule has 0 heterocycles. The second-order valence-corrected chi connectivity index (χ2v) is 6.10. The average Bonchev–Trinajstić information content (AvgIpc) is 2.41. The van der Waals surface area contributed by atoms with Gasteiger partial charge in [-0.3, -0.25) is 4.79 Å². The first-order chi connectivity index (χ1) is 9.54. The summed E-state index contributed by atoms with van der Waals surface area (Å²) < 4.78 is 26.8. The van der Waals surface area contributed by atoms with Crippen LogP contribution >= 0.6 is 27.7 Å². The minimum Gasteiger partial charge on any atom is -0.298 e. The van der Waals surface area contributed by atoms with Crippen LogP contribution in [0.3, 0.4) is 0 Å². The number of ketones is 1. The van der Waals surface area contributed by atoms with Crippen molar-refractivity contribution in [3.8, 4) is 0 Å². The lowest BCUT2D eigenvalue weighted by Crippen LogP contribution is -2.06. The van der Waals surface area contributed by atoms with Crippen molar-refractivity contribution >= 4 is 33.5 Å². The van der Waals surface area contributed by atoms with Crippen LogP contribution in [-0.4, -0.2) is 11.5 Å². The molecule has 0 fully saturated rings. The van der Waals surface area contributed by atoms with Crippen LogP contribution in [0.15, 0.2) is 51.8 Å². The van der Waals surface area contributed by atoms with Crippen molar-refractivity contribution in [2.75, 3.05) is 5.75 Å². The summed E-state index contributed by atoms with van der Waals surface area (Å²) >= 11 is 4.56. The quantitative estimate of drug-likeness (QED) is 0.726. The number of rotatable bonds is 5. The van der Waals surface area contributed by atoms with E-state index in [9.17, 15) is 13.6 Å². The fourth-order valence-electron chi connectivity index (χ4n) is 1.66. The van der Waals surface area contributed by atoms with E-state index >= 15 is 0 Å². The zero-order chi connectivity index (χ0) is 14.5. The Kier molecular flexibility index (Phi) is 5.31. The van der Waals surface area contributed by atoms with Gasteiger partial charge < -0.3 is 0 Å². The normalized spacial score (nSPS) is 10.6. The molecular formula is C15H11BrF2OS. The van der Waals surface area contributed by atoms with E-state index in [-0.39, 0.29) is 29.6 Å². The van der Waals surface area contributed by atoms with Crippen molar-refractivity contribution in [3.05, 3.63) is 64.1 Å². The van der Waals surface area contributed by atoms with Crippen molar-refractivity contribution in [1.82, 2.24) is 0 Å². The van der Waals surface area contributed by atoms with Crippen molar-refractivity contribution < 1.29 is 13.6 Å². The van der Waals surface area contributed by atoms with Gasteiger partial charge in [0.05, 0.1) is 5.75 Å². The zero-order valence-corrected chi connectivity index (χ0v) is 12.8. The average molecular weight is 357 g/mol. The maximum atomic E-state index is 13.1. The smallest absolute Gasteiger partial charge is 0.147 e. The van der Waals surface area contributed by atoms with Crippen LogP contribution in [0, 0.1) is 11.6 Å². The van der Waals surface area contributed by atoms with Gasteiger partial charge in [0.25, 0.3) is 0 Å². The molecule has 2 rings (SSSR count). The van der Waals surface area contributed by atoms with E-state index in [1.54, 1.807) is 18.2 Å². The summed E-state index contributed by atoms with van der Waals surface area (Å²) in [5.74, 6) is -0.499. The zero-order valence-electron chi connectivity index (χ0n) is 10.4. The Bertz CT molecular complexity index is 631. The summed E-state index contributed by atoms with van der Waals surface area (Å²) in [4.78, 5) is 12.6. The Labute approximate surface area is 128 Å². The highest BCUT2D eigenvalue weighted by molar-refractivity contribution is 9.10. The molecule has 0 atom stereocenters. The molecule has 0 radical (unpaired) electrons. The summed E-state index contributed by atoms with van der Waals surface area (Å²) in [7, 11) is 0. The third-order valence-electron chi connectivity index (χ3n) is 2.59. The van der Waals surface area contributed by atoms with E-state index in [0.29, 0.717) is 14.9 Å². The number of Topliss-reactive ketones (excluding diaryl/α,β-unsaturated/α-hetero) is 1. The van der Waals surface area contributed by atoms with Crippen LogP contribution in [0.1, 0.15) is 5.56 Å². The number of carbonyl (C=O) groups is 1. The molecule has 1 nitrogen and oxygen atoms in total. The lowest BCUT2D eigenvalue weighted by molar-refractivity contribution is -0.116. The first-order valence-electron chi connectivity index (χ1n) is 5.88. The third-order valence-corrected chi connectivity index (χ3v) is 4.42. The first kappa shape index (κ1) is 15.2. The van der Waals surface area contributed by atoms with Gasteiger partial charge in [-0.25, -0.2) is 8.78 Å². The highest BCUT2D eigenvalue weighted by atomic mass is 79.9. The number of hydrogen-bond acceptors (Lipinski definition) is 2. The Morgan fingerprint density at radius 3 is 2.60 bits per heavy atom. The highest BCUT2D eigenvalue weighted by Gasteiger charge is 2.09. The molecule has 0 aliphatic carbocycles. The monoisotopic (exact) mass is 356 g/mol. The fraction of sp³-hybridized carbons (Fsp3) is 0.133. The second-order valence-electron chi connectivity index (χ2n) is 4.20. The maximum absolute atomic E-state index is 13.1. The number of benzene rings is 2. The van der Waals surface area contributed by atoms with Gasteiger partial charge in [-0.15, -0.1) is 11.8 Å². The molecule has 0 bridgehead atoms. The number of carbonyl (C=O) groups excluding carboxylic acids is 1. The van der Waals surface area contributed by atoms with E-state index in [1.807, 2.05) is 0 Å². The third kappa shape index (κ3) is 4.42. The Hall–Kier alpha value is -1.20. The fourth-order valence-corrected chi connectivity index (χ4v) is 2.85. The molecule has 0 aliphatic rings. The van der Waals surface area contributed by atoms with Gasteiger partial charge in [-0.2, -0.15) is 0 Å². The summed E-state index contributed by atoms with van der Waals surface area (Å²) in [6, 6.07) is 10.3.